The highest BCUT2D eigenvalue weighted by molar-refractivity contribution is 7.71. The maximum Gasteiger partial charge on any atom is 0.204 e. The van der Waals surface area contributed by atoms with Crippen LogP contribution in [0.3, 0.4) is 0 Å². The van der Waals surface area contributed by atoms with Crippen LogP contribution in [0.2, 0.25) is 5.02 Å². The van der Waals surface area contributed by atoms with Crippen molar-refractivity contribution in [1.82, 2.24) is 19.2 Å². The van der Waals surface area contributed by atoms with Gasteiger partial charge in [-0.25, -0.2) is 4.68 Å². The lowest BCUT2D eigenvalue weighted by molar-refractivity contribution is 0.253. The van der Waals surface area contributed by atoms with Crippen molar-refractivity contribution in [3.63, 3.8) is 0 Å². The second-order valence-electron chi connectivity index (χ2n) is 6.98. The first-order chi connectivity index (χ1) is 13.7. The third-order valence-corrected chi connectivity index (χ3v) is 7.19. The van der Waals surface area contributed by atoms with Crippen LogP contribution in [0.4, 0.5) is 0 Å². The van der Waals surface area contributed by atoms with Crippen LogP contribution in [0.25, 0.3) is 26.5 Å². The van der Waals surface area contributed by atoms with Crippen LogP contribution in [-0.2, 0) is 6.67 Å². The third kappa shape index (κ3) is 3.10. The Balaban J connectivity index is 1.71. The van der Waals surface area contributed by atoms with E-state index in [9.17, 15) is 0 Å². The Morgan fingerprint density at radius 3 is 2.46 bits per heavy atom. The molecule has 0 saturated carbocycles. The van der Waals surface area contributed by atoms with Gasteiger partial charge in [-0.2, -0.15) is 0 Å². The van der Waals surface area contributed by atoms with Gasteiger partial charge in [-0.15, -0.1) is 16.4 Å². The van der Waals surface area contributed by atoms with E-state index in [4.69, 9.17) is 28.9 Å². The maximum absolute atomic E-state index is 6.79. The number of hydrogen-bond acceptors (Lipinski definition) is 4. The molecule has 1 aliphatic rings. The van der Waals surface area contributed by atoms with Crippen LogP contribution >= 0.6 is 35.2 Å². The van der Waals surface area contributed by atoms with Gasteiger partial charge in [0.15, 0.2) is 5.82 Å². The fourth-order valence-corrected chi connectivity index (χ4v) is 5.51. The number of aromatic nitrogens is 3. The van der Waals surface area contributed by atoms with Gasteiger partial charge in [0, 0.05) is 10.1 Å². The number of benzene rings is 2. The van der Waals surface area contributed by atoms with Crippen LogP contribution in [0, 0.1) is 4.77 Å². The summed E-state index contributed by atoms with van der Waals surface area (Å²) in [7, 11) is 0. The van der Waals surface area contributed by atoms with Crippen LogP contribution in [0.1, 0.15) is 12.8 Å². The van der Waals surface area contributed by atoms with Crippen molar-refractivity contribution < 1.29 is 0 Å². The highest BCUT2D eigenvalue weighted by Gasteiger charge is 2.22. The molecule has 2 aromatic heterocycles. The number of hydrogen-bond donors (Lipinski definition) is 0. The normalized spacial score (nSPS) is 14.9. The number of fused-ring (bicyclic) bond motifs is 1. The molecular formula is C21H19ClN4S2. The molecule has 0 atom stereocenters. The largest absolute Gasteiger partial charge is 0.284 e. The molecule has 1 aliphatic heterocycles. The molecule has 0 amide bonds. The first kappa shape index (κ1) is 18.1. The molecule has 1 saturated heterocycles. The number of likely N-dealkylation sites (tertiary alicyclic amines) is 1. The summed E-state index contributed by atoms with van der Waals surface area (Å²) in [6, 6.07) is 18.4. The standard InChI is InChI=1S/C21H19ClN4S2/c22-18-16-10-4-5-11-17(16)28-19(18)20-23-25(14-24-12-6-7-13-24)21(27)26(20)15-8-2-1-3-9-15/h1-5,8-11H,6-7,12-14H2. The van der Waals surface area contributed by atoms with Gasteiger partial charge < -0.3 is 0 Å². The Labute approximate surface area is 177 Å². The Morgan fingerprint density at radius 2 is 1.71 bits per heavy atom. The van der Waals surface area contributed by atoms with E-state index >= 15 is 0 Å². The van der Waals surface area contributed by atoms with Crippen molar-refractivity contribution >= 4 is 45.2 Å². The lowest BCUT2D eigenvalue weighted by atomic mass is 10.2. The second kappa shape index (κ2) is 7.44. The second-order valence-corrected chi connectivity index (χ2v) is 8.78. The van der Waals surface area contributed by atoms with Crippen LogP contribution in [0.5, 0.6) is 0 Å². The van der Waals surface area contributed by atoms with Crippen LogP contribution < -0.4 is 0 Å². The first-order valence-electron chi connectivity index (χ1n) is 9.37. The molecule has 0 aliphatic carbocycles. The van der Waals surface area contributed by atoms with Crippen molar-refractivity contribution in [1.29, 1.82) is 0 Å². The molecule has 0 bridgehead atoms. The Morgan fingerprint density at radius 1 is 1.00 bits per heavy atom. The molecule has 5 rings (SSSR count). The van der Waals surface area contributed by atoms with Gasteiger partial charge in [0.25, 0.3) is 0 Å². The lowest BCUT2D eigenvalue weighted by Crippen LogP contribution is -2.23. The number of rotatable bonds is 4. The molecule has 0 unspecified atom stereocenters. The fourth-order valence-electron chi connectivity index (χ4n) is 3.73. The maximum atomic E-state index is 6.79. The summed E-state index contributed by atoms with van der Waals surface area (Å²) in [5, 5.41) is 6.74. The van der Waals surface area contributed by atoms with E-state index in [1.807, 2.05) is 39.6 Å². The third-order valence-electron chi connectivity index (χ3n) is 5.12. The predicted molar refractivity (Wildman–Crippen MR) is 119 cm³/mol. The van der Waals surface area contributed by atoms with Gasteiger partial charge in [-0.3, -0.25) is 9.47 Å². The van der Waals surface area contributed by atoms with Gasteiger partial charge in [-0.05, 0) is 56.3 Å². The quantitative estimate of drug-likeness (QED) is 0.375. The van der Waals surface area contributed by atoms with E-state index in [0.29, 0.717) is 11.4 Å². The summed E-state index contributed by atoms with van der Waals surface area (Å²) in [4.78, 5) is 3.35. The molecule has 7 heteroatoms. The number of thiophene rings is 1. The monoisotopic (exact) mass is 426 g/mol. The zero-order valence-corrected chi connectivity index (χ0v) is 17.6. The number of para-hydroxylation sites is 1. The zero-order valence-electron chi connectivity index (χ0n) is 15.2. The van der Waals surface area contributed by atoms with E-state index in [1.54, 1.807) is 11.3 Å². The minimum Gasteiger partial charge on any atom is -0.284 e. The first-order valence-corrected chi connectivity index (χ1v) is 11.0. The van der Waals surface area contributed by atoms with E-state index < -0.39 is 0 Å². The fraction of sp³-hybridized carbons (Fsp3) is 0.238. The molecule has 2 aromatic carbocycles. The molecule has 4 aromatic rings. The van der Waals surface area contributed by atoms with Gasteiger partial charge in [-0.1, -0.05) is 48.0 Å². The molecule has 142 valence electrons. The summed E-state index contributed by atoms with van der Waals surface area (Å²) in [6.07, 6.45) is 2.48. The van der Waals surface area contributed by atoms with Gasteiger partial charge in [0.05, 0.1) is 22.3 Å². The smallest absolute Gasteiger partial charge is 0.204 e. The Hall–Kier alpha value is -1.99. The molecular weight excluding hydrogens is 408 g/mol. The Kier molecular flexibility index (Phi) is 4.80. The van der Waals surface area contributed by atoms with Crippen molar-refractivity contribution in [2.75, 3.05) is 13.1 Å². The molecule has 0 N–H and O–H groups in total. The van der Waals surface area contributed by atoms with Gasteiger partial charge in [0.1, 0.15) is 0 Å². The summed E-state index contributed by atoms with van der Waals surface area (Å²) in [6.45, 7) is 2.91. The Bertz CT molecular complexity index is 1190. The minimum atomic E-state index is 0.696. The van der Waals surface area contributed by atoms with Crippen LogP contribution in [-0.4, -0.2) is 32.3 Å². The van der Waals surface area contributed by atoms with E-state index in [-0.39, 0.29) is 0 Å². The van der Waals surface area contributed by atoms with Gasteiger partial charge in [0.2, 0.25) is 4.77 Å². The number of nitrogens with zero attached hydrogens (tertiary/aromatic N) is 4. The van der Waals surface area contributed by atoms with E-state index in [0.717, 1.165) is 44.6 Å². The minimum absolute atomic E-state index is 0.696. The highest BCUT2D eigenvalue weighted by atomic mass is 35.5. The van der Waals surface area contributed by atoms with Crippen molar-refractivity contribution in [3.8, 4) is 16.4 Å². The van der Waals surface area contributed by atoms with Crippen LogP contribution in [0.15, 0.2) is 54.6 Å². The summed E-state index contributed by atoms with van der Waals surface area (Å²) in [5.74, 6) is 0.807. The van der Waals surface area contributed by atoms with Crippen molar-refractivity contribution in [3.05, 3.63) is 64.4 Å². The molecule has 4 nitrogen and oxygen atoms in total. The topological polar surface area (TPSA) is 26.0 Å². The van der Waals surface area contributed by atoms with Crippen molar-refractivity contribution in [2.24, 2.45) is 0 Å². The SMILES string of the molecule is S=c1n(CN2CCCC2)nc(-c2sc3ccccc3c2Cl)n1-c1ccccc1. The summed E-state index contributed by atoms with van der Waals surface area (Å²) in [5.41, 5.74) is 1.00. The average molecular weight is 427 g/mol. The summed E-state index contributed by atoms with van der Waals surface area (Å²) >= 11 is 14.3. The molecule has 1 fully saturated rings. The lowest BCUT2D eigenvalue weighted by Gasteiger charge is -2.13. The van der Waals surface area contributed by atoms with E-state index in [1.165, 1.54) is 12.8 Å². The number of halogens is 1. The van der Waals surface area contributed by atoms with Crippen molar-refractivity contribution in [2.45, 2.75) is 19.5 Å². The molecule has 0 radical (unpaired) electrons. The molecule has 0 spiro atoms. The average Bonchev–Trinajstić information content (AvgIpc) is 3.43. The highest BCUT2D eigenvalue weighted by Crippen LogP contribution is 2.42. The zero-order chi connectivity index (χ0) is 19.1. The molecule has 3 heterocycles. The van der Waals surface area contributed by atoms with Gasteiger partial charge >= 0.3 is 0 Å². The molecule has 28 heavy (non-hydrogen) atoms. The van der Waals surface area contributed by atoms with E-state index in [2.05, 4.69) is 29.2 Å². The predicted octanol–water partition coefficient (Wildman–Crippen LogP) is 5.99. The summed E-state index contributed by atoms with van der Waals surface area (Å²) < 4.78 is 5.83.